The van der Waals surface area contributed by atoms with Gasteiger partial charge in [-0.3, -0.25) is 4.40 Å². The molecule has 0 aliphatic carbocycles. The summed E-state index contributed by atoms with van der Waals surface area (Å²) in [5, 5.41) is 19.1. The van der Waals surface area contributed by atoms with Crippen LogP contribution in [0.4, 0.5) is 19.5 Å². The van der Waals surface area contributed by atoms with E-state index in [1.807, 2.05) is 26.8 Å². The highest BCUT2D eigenvalue weighted by atomic mass is 19.1. The van der Waals surface area contributed by atoms with Gasteiger partial charge < -0.3 is 19.6 Å². The summed E-state index contributed by atoms with van der Waals surface area (Å²) in [7, 11) is 1.38. The molecule has 41 heavy (non-hydrogen) atoms. The molecule has 2 aromatic carbocycles. The second-order valence-corrected chi connectivity index (χ2v) is 11.0. The number of rotatable bonds is 5. The summed E-state index contributed by atoms with van der Waals surface area (Å²) in [5.41, 5.74) is 1.58. The fraction of sp³-hybridized carbons (Fsp3) is 0.333. The number of nitriles is 1. The first-order valence-corrected chi connectivity index (χ1v) is 13.2. The van der Waals surface area contributed by atoms with Crippen LogP contribution in [0.5, 0.6) is 5.75 Å². The Labute approximate surface area is 236 Å². The Morgan fingerprint density at radius 3 is 2.39 bits per heavy atom. The van der Waals surface area contributed by atoms with Crippen molar-refractivity contribution in [2.45, 2.75) is 45.2 Å². The smallest absolute Gasteiger partial charge is 0.407 e. The lowest BCUT2D eigenvalue weighted by Crippen LogP contribution is -2.54. The number of ether oxygens (including phenoxy) is 1. The van der Waals surface area contributed by atoms with Gasteiger partial charge in [0.05, 0.1) is 23.9 Å². The summed E-state index contributed by atoms with van der Waals surface area (Å²) in [6.07, 6.45) is 3.61. The molecule has 3 heterocycles. The molecule has 0 unspecified atom stereocenters. The molecule has 11 heteroatoms. The van der Waals surface area contributed by atoms with Gasteiger partial charge in [0.15, 0.2) is 11.6 Å². The second kappa shape index (κ2) is 10.7. The molecule has 9 nitrogen and oxygen atoms in total. The standard InChI is InChI=1S/C30H30F2N6O3/c1-30(2,3)38(29(39)40)21-9-12-36(13-10-21)28-35-26(19-5-6-20(17-33)22(31)16-19)25(27-34-11-14-37(27)28)18-7-8-24(41-4)23(32)15-18/h5-8,11,14-16,21H,9-10,12-13H2,1-4H3,(H,39,40). The molecule has 1 saturated heterocycles. The van der Waals surface area contributed by atoms with Crippen molar-refractivity contribution in [3.63, 3.8) is 0 Å². The summed E-state index contributed by atoms with van der Waals surface area (Å²) in [4.78, 5) is 25.2. The SMILES string of the molecule is COc1ccc(-c2c(-c3ccc(C#N)c(F)c3)nc(N3CCC(N(C(=O)O)C(C)(C)C)CC3)n3ccnc23)cc1F. The van der Waals surface area contributed by atoms with Crippen LogP contribution in [0.2, 0.25) is 0 Å². The summed E-state index contributed by atoms with van der Waals surface area (Å²) >= 11 is 0. The number of methoxy groups -OCH3 is 1. The van der Waals surface area contributed by atoms with E-state index in [-0.39, 0.29) is 17.4 Å². The van der Waals surface area contributed by atoms with Gasteiger partial charge in [-0.25, -0.2) is 23.5 Å². The molecule has 1 aliphatic heterocycles. The van der Waals surface area contributed by atoms with Crippen molar-refractivity contribution in [3.8, 4) is 34.2 Å². The number of imidazole rings is 1. The summed E-state index contributed by atoms with van der Waals surface area (Å²) < 4.78 is 36.6. The van der Waals surface area contributed by atoms with E-state index in [9.17, 15) is 23.9 Å². The maximum Gasteiger partial charge on any atom is 0.407 e. The topological polar surface area (TPSA) is 107 Å². The fourth-order valence-corrected chi connectivity index (χ4v) is 5.55. The number of carboxylic acid groups (broad SMARTS) is 1. The Morgan fingerprint density at radius 1 is 1.12 bits per heavy atom. The lowest BCUT2D eigenvalue weighted by atomic mass is 9.97. The lowest BCUT2D eigenvalue weighted by Gasteiger charge is -2.43. The van der Waals surface area contributed by atoms with Crippen molar-refractivity contribution in [2.24, 2.45) is 0 Å². The molecule has 0 spiro atoms. The van der Waals surface area contributed by atoms with E-state index in [4.69, 9.17) is 9.72 Å². The molecule has 1 N–H and O–H groups in total. The first-order chi connectivity index (χ1) is 19.5. The number of piperidine rings is 1. The van der Waals surface area contributed by atoms with Gasteiger partial charge in [0.1, 0.15) is 17.5 Å². The molecule has 1 amide bonds. The van der Waals surface area contributed by atoms with Crippen LogP contribution in [0.3, 0.4) is 0 Å². The highest BCUT2D eigenvalue weighted by molar-refractivity contribution is 5.91. The van der Waals surface area contributed by atoms with Crippen molar-refractivity contribution in [3.05, 3.63) is 66.0 Å². The van der Waals surface area contributed by atoms with Crippen LogP contribution in [-0.2, 0) is 0 Å². The third kappa shape index (κ3) is 5.13. The molecular weight excluding hydrogens is 530 g/mol. The lowest BCUT2D eigenvalue weighted by molar-refractivity contribution is 0.0615. The third-order valence-corrected chi connectivity index (χ3v) is 7.37. The molecular formula is C30H30F2N6O3. The van der Waals surface area contributed by atoms with Crippen LogP contribution in [0.15, 0.2) is 48.8 Å². The van der Waals surface area contributed by atoms with E-state index in [0.717, 1.165) is 0 Å². The Bertz CT molecular complexity index is 1670. The normalized spacial score (nSPS) is 14.2. The minimum absolute atomic E-state index is 0.0807. The number of aromatic nitrogens is 3. The maximum atomic E-state index is 14.8. The quantitative estimate of drug-likeness (QED) is 0.321. The van der Waals surface area contributed by atoms with Gasteiger partial charge in [-0.1, -0.05) is 12.1 Å². The van der Waals surface area contributed by atoms with Crippen LogP contribution >= 0.6 is 0 Å². The first-order valence-electron chi connectivity index (χ1n) is 13.2. The first kappa shape index (κ1) is 27.8. The number of carbonyl (C=O) groups is 1. The highest BCUT2D eigenvalue weighted by Gasteiger charge is 2.36. The molecule has 1 fully saturated rings. The van der Waals surface area contributed by atoms with Crippen LogP contribution in [0.25, 0.3) is 28.0 Å². The van der Waals surface area contributed by atoms with Crippen molar-refractivity contribution >= 4 is 17.7 Å². The zero-order valence-corrected chi connectivity index (χ0v) is 23.2. The van der Waals surface area contributed by atoms with E-state index in [0.29, 0.717) is 59.9 Å². The maximum absolute atomic E-state index is 14.8. The average Bonchev–Trinajstić information content (AvgIpc) is 3.41. The van der Waals surface area contributed by atoms with Gasteiger partial charge in [0.25, 0.3) is 0 Å². The summed E-state index contributed by atoms with van der Waals surface area (Å²) in [6, 6.07) is 10.4. The van der Waals surface area contributed by atoms with Crippen LogP contribution in [0, 0.1) is 23.0 Å². The Balaban J connectivity index is 1.64. The Hall–Kier alpha value is -4.72. The number of anilines is 1. The predicted octanol–water partition coefficient (Wildman–Crippen LogP) is 5.97. The Morgan fingerprint density at radius 2 is 1.80 bits per heavy atom. The molecule has 1 aliphatic rings. The molecule has 0 radical (unpaired) electrons. The minimum Gasteiger partial charge on any atom is -0.494 e. The van der Waals surface area contributed by atoms with Gasteiger partial charge in [0, 0.05) is 42.6 Å². The van der Waals surface area contributed by atoms with Crippen molar-refractivity contribution < 1.29 is 23.4 Å². The molecule has 0 bridgehead atoms. The van der Waals surface area contributed by atoms with E-state index < -0.39 is 23.3 Å². The van der Waals surface area contributed by atoms with E-state index in [1.165, 1.54) is 36.3 Å². The summed E-state index contributed by atoms with van der Waals surface area (Å²) in [6.45, 7) is 6.71. The van der Waals surface area contributed by atoms with Gasteiger partial charge in [-0.2, -0.15) is 5.26 Å². The number of hydrogen-bond acceptors (Lipinski definition) is 6. The van der Waals surface area contributed by atoms with Gasteiger partial charge in [-0.15, -0.1) is 0 Å². The fourth-order valence-electron chi connectivity index (χ4n) is 5.55. The number of halogens is 2. The zero-order valence-electron chi connectivity index (χ0n) is 23.2. The van der Waals surface area contributed by atoms with E-state index in [2.05, 4.69) is 9.88 Å². The molecule has 2 aromatic heterocycles. The minimum atomic E-state index is -0.952. The Kier molecular flexibility index (Phi) is 7.26. The average molecular weight is 561 g/mol. The molecule has 0 atom stereocenters. The van der Waals surface area contributed by atoms with Gasteiger partial charge >= 0.3 is 6.09 Å². The molecule has 5 rings (SSSR count). The van der Waals surface area contributed by atoms with Crippen molar-refractivity contribution in [1.82, 2.24) is 19.3 Å². The number of nitrogens with zero attached hydrogens (tertiary/aromatic N) is 6. The summed E-state index contributed by atoms with van der Waals surface area (Å²) in [5.74, 6) is -0.636. The van der Waals surface area contributed by atoms with Gasteiger partial charge in [0.2, 0.25) is 5.95 Å². The van der Waals surface area contributed by atoms with E-state index in [1.54, 1.807) is 28.9 Å². The van der Waals surface area contributed by atoms with Crippen LogP contribution < -0.4 is 9.64 Å². The molecule has 0 saturated carbocycles. The van der Waals surface area contributed by atoms with Gasteiger partial charge in [-0.05, 0) is 63.4 Å². The van der Waals surface area contributed by atoms with Crippen LogP contribution in [-0.4, -0.2) is 62.2 Å². The second-order valence-electron chi connectivity index (χ2n) is 11.0. The highest BCUT2D eigenvalue weighted by Crippen LogP contribution is 2.38. The number of hydrogen-bond donors (Lipinski definition) is 1. The van der Waals surface area contributed by atoms with Crippen molar-refractivity contribution in [2.75, 3.05) is 25.1 Å². The number of benzene rings is 2. The number of amides is 1. The number of fused-ring (bicyclic) bond motifs is 1. The van der Waals surface area contributed by atoms with Crippen LogP contribution in [0.1, 0.15) is 39.2 Å². The van der Waals surface area contributed by atoms with E-state index >= 15 is 0 Å². The predicted molar refractivity (Wildman–Crippen MR) is 150 cm³/mol. The molecule has 212 valence electrons. The monoisotopic (exact) mass is 560 g/mol. The van der Waals surface area contributed by atoms with Crippen molar-refractivity contribution in [1.29, 1.82) is 5.26 Å². The third-order valence-electron chi connectivity index (χ3n) is 7.37. The molecule has 4 aromatic rings. The zero-order chi connectivity index (χ0) is 29.5. The largest absolute Gasteiger partial charge is 0.494 e.